The van der Waals surface area contributed by atoms with Crippen molar-refractivity contribution in [2.45, 2.75) is 11.1 Å². The summed E-state index contributed by atoms with van der Waals surface area (Å²) in [5.74, 6) is 0. The van der Waals surface area contributed by atoms with Gasteiger partial charge in [0.05, 0.1) is 6.54 Å². The van der Waals surface area contributed by atoms with Crippen LogP contribution < -0.4 is 10.6 Å². The molecule has 0 spiro atoms. The van der Waals surface area contributed by atoms with Crippen LogP contribution in [0.5, 0.6) is 0 Å². The molecule has 2 amide bonds. The number of benzene rings is 1. The van der Waals surface area contributed by atoms with Crippen LogP contribution in [0, 0.1) is 0 Å². The van der Waals surface area contributed by atoms with Crippen molar-refractivity contribution in [3.05, 3.63) is 28.8 Å². The van der Waals surface area contributed by atoms with Crippen LogP contribution in [0.3, 0.4) is 0 Å². The highest BCUT2D eigenvalue weighted by Gasteiger charge is 2.57. The highest BCUT2D eigenvalue weighted by Crippen LogP contribution is 2.48. The lowest BCUT2D eigenvalue weighted by atomic mass is 9.96. The minimum absolute atomic E-state index is 0.0123. The van der Waals surface area contributed by atoms with Gasteiger partial charge in [-0.1, -0.05) is 11.6 Å². The van der Waals surface area contributed by atoms with Gasteiger partial charge < -0.3 is 10.6 Å². The molecule has 0 bridgehead atoms. The Morgan fingerprint density at radius 1 is 1.33 bits per heavy atom. The number of halogens is 5. The second kappa shape index (κ2) is 4.20. The molecule has 98 valence electrons. The maximum absolute atomic E-state index is 13.1. The Balaban J connectivity index is 2.65. The molecule has 0 saturated carbocycles. The summed E-state index contributed by atoms with van der Waals surface area (Å²) >= 11 is 11.4. The second-order valence-corrected chi connectivity index (χ2v) is 4.88. The van der Waals surface area contributed by atoms with Crippen molar-refractivity contribution in [1.82, 2.24) is 5.32 Å². The smallest absolute Gasteiger partial charge is 0.335 e. The quantitative estimate of drug-likeness (QED) is 0.708. The van der Waals surface area contributed by atoms with E-state index in [0.29, 0.717) is 0 Å². The maximum Gasteiger partial charge on any atom is 0.413 e. The van der Waals surface area contributed by atoms with Gasteiger partial charge in [0.25, 0.3) is 0 Å². The number of hydrogen-bond acceptors (Lipinski definition) is 1. The van der Waals surface area contributed by atoms with Crippen LogP contribution >= 0.6 is 23.2 Å². The summed E-state index contributed by atoms with van der Waals surface area (Å²) in [5, 5.41) is 4.46. The molecule has 3 nitrogen and oxygen atoms in total. The van der Waals surface area contributed by atoms with Gasteiger partial charge in [-0.3, -0.25) is 0 Å². The molecule has 8 heteroatoms. The summed E-state index contributed by atoms with van der Waals surface area (Å²) in [6.07, 6.45) is -4.73. The molecule has 0 saturated heterocycles. The Hall–Kier alpha value is -1.14. The number of nitrogens with one attached hydrogen (secondary N) is 2. The normalized spacial score (nSPS) is 23.7. The Morgan fingerprint density at radius 2 is 2.00 bits per heavy atom. The first-order valence-corrected chi connectivity index (χ1v) is 5.60. The summed E-state index contributed by atoms with van der Waals surface area (Å²) < 4.78 is 39.3. The molecule has 0 radical (unpaired) electrons. The van der Waals surface area contributed by atoms with E-state index in [1.54, 1.807) is 0 Å². The first kappa shape index (κ1) is 13.3. The van der Waals surface area contributed by atoms with E-state index >= 15 is 0 Å². The maximum atomic E-state index is 13.1. The van der Waals surface area contributed by atoms with Crippen molar-refractivity contribution < 1.29 is 18.0 Å². The van der Waals surface area contributed by atoms with E-state index in [0.717, 1.165) is 6.07 Å². The minimum atomic E-state index is -4.73. The van der Waals surface area contributed by atoms with Gasteiger partial charge in [-0.25, -0.2) is 4.79 Å². The third kappa shape index (κ3) is 2.10. The van der Waals surface area contributed by atoms with E-state index < -0.39 is 23.6 Å². The lowest BCUT2D eigenvalue weighted by Gasteiger charge is -2.29. The second-order valence-electron chi connectivity index (χ2n) is 3.80. The molecule has 0 aromatic heterocycles. The first-order chi connectivity index (χ1) is 8.24. The highest BCUT2D eigenvalue weighted by molar-refractivity contribution is 6.31. The fourth-order valence-electron chi connectivity index (χ4n) is 1.67. The lowest BCUT2D eigenvalue weighted by Crippen LogP contribution is -2.45. The van der Waals surface area contributed by atoms with Crippen molar-refractivity contribution in [3.63, 3.8) is 0 Å². The summed E-state index contributed by atoms with van der Waals surface area (Å²) in [6.45, 7) is -0.767. The fourth-order valence-corrected chi connectivity index (χ4v) is 2.07. The molecule has 0 aliphatic carbocycles. The molecule has 0 fully saturated rings. The molecule has 1 aromatic carbocycles. The Bertz CT molecular complexity index is 506. The summed E-state index contributed by atoms with van der Waals surface area (Å²) in [6, 6.07) is 3.01. The van der Waals surface area contributed by atoms with Crippen LogP contribution in [-0.2, 0) is 4.87 Å². The highest BCUT2D eigenvalue weighted by atomic mass is 35.5. The number of amides is 2. The van der Waals surface area contributed by atoms with E-state index in [9.17, 15) is 18.0 Å². The molecule has 1 aromatic rings. The third-order valence-electron chi connectivity index (χ3n) is 2.60. The zero-order valence-electron chi connectivity index (χ0n) is 8.74. The standard InChI is InChI=1S/C10H7Cl2F3N2O/c11-5-1-2-7-6(3-5)9(12,10(13,14)15)4-16-8(18)17-7/h1-3H,4H2,(H2,16,17,18). The van der Waals surface area contributed by atoms with Crippen molar-refractivity contribution in [1.29, 1.82) is 0 Å². The molecule has 1 unspecified atom stereocenters. The van der Waals surface area contributed by atoms with Crippen LogP contribution in [0.15, 0.2) is 18.2 Å². The zero-order chi connectivity index (χ0) is 13.6. The van der Waals surface area contributed by atoms with Gasteiger partial charge in [-0.05, 0) is 18.2 Å². The largest absolute Gasteiger partial charge is 0.413 e. The number of anilines is 1. The van der Waals surface area contributed by atoms with Crippen molar-refractivity contribution in [2.75, 3.05) is 11.9 Å². The number of carbonyl (C=O) groups excluding carboxylic acids is 1. The molecule has 2 rings (SSSR count). The predicted molar refractivity (Wildman–Crippen MR) is 62.1 cm³/mol. The van der Waals surface area contributed by atoms with E-state index in [2.05, 4.69) is 10.6 Å². The van der Waals surface area contributed by atoms with Crippen molar-refractivity contribution in [3.8, 4) is 0 Å². The van der Waals surface area contributed by atoms with Crippen LogP contribution in [-0.4, -0.2) is 18.8 Å². The van der Waals surface area contributed by atoms with Gasteiger partial charge in [0, 0.05) is 16.3 Å². The van der Waals surface area contributed by atoms with Gasteiger partial charge >= 0.3 is 12.2 Å². The molecule has 1 aliphatic rings. The zero-order valence-corrected chi connectivity index (χ0v) is 10.2. The molecule has 1 aliphatic heterocycles. The van der Waals surface area contributed by atoms with Crippen LogP contribution in [0.2, 0.25) is 5.02 Å². The number of alkyl halides is 4. The predicted octanol–water partition coefficient (Wildman–Crippen LogP) is 3.47. The van der Waals surface area contributed by atoms with Crippen LogP contribution in [0.25, 0.3) is 0 Å². The van der Waals surface area contributed by atoms with Crippen molar-refractivity contribution in [2.24, 2.45) is 0 Å². The van der Waals surface area contributed by atoms with E-state index in [1.165, 1.54) is 12.1 Å². The summed E-state index contributed by atoms with van der Waals surface area (Å²) in [5.41, 5.74) is -0.288. The van der Waals surface area contributed by atoms with E-state index in [1.807, 2.05) is 0 Å². The number of carbonyl (C=O) groups is 1. The average molecular weight is 299 g/mol. The van der Waals surface area contributed by atoms with Crippen LogP contribution in [0.4, 0.5) is 23.7 Å². The monoisotopic (exact) mass is 298 g/mol. The minimum Gasteiger partial charge on any atom is -0.335 e. The molecular formula is C10H7Cl2F3N2O. The average Bonchev–Trinajstić information content (AvgIpc) is 2.38. The summed E-state index contributed by atoms with van der Waals surface area (Å²) in [4.78, 5) is 8.56. The molecule has 1 heterocycles. The first-order valence-electron chi connectivity index (χ1n) is 4.84. The van der Waals surface area contributed by atoms with Gasteiger partial charge in [0.1, 0.15) is 0 Å². The lowest BCUT2D eigenvalue weighted by molar-refractivity contribution is -0.162. The molecule has 18 heavy (non-hydrogen) atoms. The topological polar surface area (TPSA) is 41.1 Å². The third-order valence-corrected chi connectivity index (χ3v) is 3.39. The van der Waals surface area contributed by atoms with E-state index in [-0.39, 0.29) is 16.3 Å². The number of rotatable bonds is 0. The van der Waals surface area contributed by atoms with Gasteiger partial charge in [0.2, 0.25) is 0 Å². The van der Waals surface area contributed by atoms with Gasteiger partial charge in [-0.15, -0.1) is 11.6 Å². The number of hydrogen-bond donors (Lipinski definition) is 2. The van der Waals surface area contributed by atoms with Crippen molar-refractivity contribution >= 4 is 34.9 Å². The molecule has 1 atom stereocenters. The number of urea groups is 1. The van der Waals surface area contributed by atoms with Gasteiger partial charge in [0.15, 0.2) is 4.87 Å². The Morgan fingerprint density at radius 3 is 2.61 bits per heavy atom. The summed E-state index contributed by atoms with van der Waals surface area (Å²) in [7, 11) is 0. The number of fused-ring (bicyclic) bond motifs is 1. The Kier molecular flexibility index (Phi) is 3.11. The Labute approximate surface area is 110 Å². The van der Waals surface area contributed by atoms with Crippen LogP contribution in [0.1, 0.15) is 5.56 Å². The fraction of sp³-hybridized carbons (Fsp3) is 0.300. The molecule has 2 N–H and O–H groups in total. The SMILES string of the molecule is O=C1NCC(Cl)(C(F)(F)F)c2cc(Cl)ccc2N1. The van der Waals surface area contributed by atoms with E-state index in [4.69, 9.17) is 23.2 Å². The van der Waals surface area contributed by atoms with Gasteiger partial charge in [-0.2, -0.15) is 13.2 Å². The molecular weight excluding hydrogens is 292 g/mol.